The molecule has 1 fully saturated rings. The van der Waals surface area contributed by atoms with Crippen LogP contribution in [-0.4, -0.2) is 41.5 Å². The number of amides is 2. The summed E-state index contributed by atoms with van der Waals surface area (Å²) in [4.78, 5) is 24.2. The smallest absolute Gasteiger partial charge is 0.352 e. The molecule has 0 radical (unpaired) electrons. The van der Waals surface area contributed by atoms with Gasteiger partial charge in [-0.2, -0.15) is 13.2 Å². The molecule has 1 saturated heterocycles. The number of nitrogens with two attached hydrogens (primary N) is 1. The number of hydrogen-bond donors (Lipinski definition) is 2. The van der Waals surface area contributed by atoms with Gasteiger partial charge in [-0.15, -0.1) is 12.4 Å². The molecule has 3 N–H and O–H groups in total. The first-order valence-corrected chi connectivity index (χ1v) is 7.65. The Kier molecular flexibility index (Phi) is 7.25. The number of piperidine rings is 1. The lowest BCUT2D eigenvalue weighted by Gasteiger charge is -2.39. The van der Waals surface area contributed by atoms with Gasteiger partial charge in [0.05, 0.1) is 0 Å². The lowest BCUT2D eigenvalue weighted by atomic mass is 9.97. The number of nitrogens with one attached hydrogen (secondary N) is 1. The molecule has 2 unspecified atom stereocenters. The van der Waals surface area contributed by atoms with Gasteiger partial charge in [0.1, 0.15) is 6.04 Å². The predicted molar refractivity (Wildman–Crippen MR) is 89.3 cm³/mol. The van der Waals surface area contributed by atoms with E-state index in [0.29, 0.717) is 6.54 Å². The highest BCUT2D eigenvalue weighted by Crippen LogP contribution is 2.32. The second-order valence-electron chi connectivity index (χ2n) is 5.96. The van der Waals surface area contributed by atoms with E-state index in [-0.39, 0.29) is 43.3 Å². The van der Waals surface area contributed by atoms with Crippen molar-refractivity contribution >= 4 is 24.2 Å². The fourth-order valence-electron chi connectivity index (χ4n) is 2.72. The summed E-state index contributed by atoms with van der Waals surface area (Å²) in [6.45, 7) is 1.56. The fraction of sp³-hybridized carbons (Fsp3) is 0.500. The molecule has 0 aliphatic carbocycles. The Morgan fingerprint density at radius 1 is 1.24 bits per heavy atom. The molecule has 2 amide bonds. The summed E-state index contributed by atoms with van der Waals surface area (Å²) in [5.41, 5.74) is 6.66. The average molecular weight is 380 g/mol. The maximum Gasteiger partial charge on any atom is 0.408 e. The van der Waals surface area contributed by atoms with Gasteiger partial charge < -0.3 is 16.0 Å². The van der Waals surface area contributed by atoms with Gasteiger partial charge in [-0.25, -0.2) is 0 Å². The fourth-order valence-corrected chi connectivity index (χ4v) is 2.72. The second-order valence-corrected chi connectivity index (χ2v) is 5.96. The van der Waals surface area contributed by atoms with Gasteiger partial charge in [0, 0.05) is 31.6 Å². The van der Waals surface area contributed by atoms with Crippen LogP contribution < -0.4 is 11.1 Å². The van der Waals surface area contributed by atoms with Crippen molar-refractivity contribution in [2.45, 2.75) is 44.6 Å². The number of alkyl halides is 3. The van der Waals surface area contributed by atoms with Gasteiger partial charge in [-0.3, -0.25) is 9.59 Å². The lowest BCUT2D eigenvalue weighted by molar-refractivity contribution is -0.184. The first-order chi connectivity index (χ1) is 11.2. The normalized spacial score (nSPS) is 20.6. The standard InChI is InChI=1S/C16H20F3N3O2.ClH/c1-10(23)21-8-11-2-4-12(5-3-11)15(24)22-9-13(20)6-7-14(22)16(17,18)19;/h2-5,13-14H,6-9,20H2,1H3,(H,21,23);1H. The number of rotatable bonds is 3. The molecule has 2 atom stereocenters. The highest BCUT2D eigenvalue weighted by Gasteiger charge is 2.47. The van der Waals surface area contributed by atoms with Crippen molar-refractivity contribution in [2.75, 3.05) is 6.54 Å². The van der Waals surface area contributed by atoms with E-state index in [2.05, 4.69) is 5.32 Å². The second kappa shape index (κ2) is 8.53. The zero-order chi connectivity index (χ0) is 17.9. The number of halogens is 4. The molecule has 0 bridgehead atoms. The lowest BCUT2D eigenvalue weighted by Crippen LogP contribution is -2.56. The molecule has 0 saturated carbocycles. The highest BCUT2D eigenvalue weighted by molar-refractivity contribution is 5.94. The Labute approximate surface area is 150 Å². The zero-order valence-corrected chi connectivity index (χ0v) is 14.5. The number of nitrogens with zero attached hydrogens (tertiary/aromatic N) is 1. The van der Waals surface area contributed by atoms with Crippen molar-refractivity contribution in [1.82, 2.24) is 10.2 Å². The minimum absolute atomic E-state index is 0. The molecule has 1 aliphatic rings. The average Bonchev–Trinajstić information content (AvgIpc) is 2.51. The van der Waals surface area contributed by atoms with Gasteiger partial charge in [0.2, 0.25) is 5.91 Å². The molecule has 1 heterocycles. The Bertz CT molecular complexity index is 608. The monoisotopic (exact) mass is 379 g/mol. The number of carbonyl (C=O) groups excluding carboxylic acids is 2. The Morgan fingerprint density at radius 3 is 2.36 bits per heavy atom. The highest BCUT2D eigenvalue weighted by atomic mass is 35.5. The Hall–Kier alpha value is -1.80. The van der Waals surface area contributed by atoms with Crippen molar-refractivity contribution in [2.24, 2.45) is 5.73 Å². The number of hydrogen-bond acceptors (Lipinski definition) is 3. The quantitative estimate of drug-likeness (QED) is 0.845. The molecule has 1 aromatic carbocycles. The number of likely N-dealkylation sites (tertiary alicyclic amines) is 1. The van der Waals surface area contributed by atoms with Crippen LogP contribution in [0, 0.1) is 0 Å². The third kappa shape index (κ3) is 5.61. The minimum atomic E-state index is -4.47. The summed E-state index contributed by atoms with van der Waals surface area (Å²) in [7, 11) is 0. The molecule has 5 nitrogen and oxygen atoms in total. The van der Waals surface area contributed by atoms with Gasteiger partial charge in [0.15, 0.2) is 0 Å². The molecular formula is C16H21ClF3N3O2. The Morgan fingerprint density at radius 2 is 1.84 bits per heavy atom. The molecule has 9 heteroatoms. The van der Waals surface area contributed by atoms with Crippen LogP contribution in [0.5, 0.6) is 0 Å². The maximum absolute atomic E-state index is 13.2. The van der Waals surface area contributed by atoms with Crippen LogP contribution >= 0.6 is 12.4 Å². The van der Waals surface area contributed by atoms with Crippen molar-refractivity contribution in [3.63, 3.8) is 0 Å². The van der Waals surface area contributed by atoms with Gasteiger partial charge in [-0.05, 0) is 30.5 Å². The van der Waals surface area contributed by atoms with Crippen molar-refractivity contribution < 1.29 is 22.8 Å². The molecule has 0 aromatic heterocycles. The minimum Gasteiger partial charge on any atom is -0.352 e. The van der Waals surface area contributed by atoms with Gasteiger partial charge >= 0.3 is 6.18 Å². The van der Waals surface area contributed by atoms with Gasteiger partial charge in [-0.1, -0.05) is 12.1 Å². The van der Waals surface area contributed by atoms with Crippen LogP contribution in [0.25, 0.3) is 0 Å². The first kappa shape index (κ1) is 21.2. The van der Waals surface area contributed by atoms with E-state index >= 15 is 0 Å². The number of carbonyl (C=O) groups is 2. The van der Waals surface area contributed by atoms with E-state index < -0.39 is 24.2 Å². The number of benzene rings is 1. The molecule has 2 rings (SSSR count). The Balaban J connectivity index is 0.00000312. The predicted octanol–water partition coefficient (Wildman–Crippen LogP) is 2.24. The van der Waals surface area contributed by atoms with Crippen molar-refractivity contribution in [3.05, 3.63) is 35.4 Å². The van der Waals surface area contributed by atoms with Crippen molar-refractivity contribution in [1.29, 1.82) is 0 Å². The van der Waals surface area contributed by atoms with Crippen LogP contribution in [-0.2, 0) is 11.3 Å². The third-order valence-electron chi connectivity index (χ3n) is 4.00. The third-order valence-corrected chi connectivity index (χ3v) is 4.00. The van der Waals surface area contributed by atoms with E-state index in [1.807, 2.05) is 0 Å². The van der Waals surface area contributed by atoms with Crippen LogP contribution in [0.4, 0.5) is 13.2 Å². The molecule has 25 heavy (non-hydrogen) atoms. The van der Waals surface area contributed by atoms with E-state index in [1.54, 1.807) is 12.1 Å². The summed E-state index contributed by atoms with van der Waals surface area (Å²) in [6, 6.07) is 3.89. The topological polar surface area (TPSA) is 75.4 Å². The van der Waals surface area contributed by atoms with Crippen LogP contribution in [0.3, 0.4) is 0 Å². The van der Waals surface area contributed by atoms with Gasteiger partial charge in [0.25, 0.3) is 5.91 Å². The van der Waals surface area contributed by atoms with Crippen LogP contribution in [0.1, 0.15) is 35.7 Å². The molecule has 1 aliphatic heterocycles. The summed E-state index contributed by atoms with van der Waals surface area (Å²) in [5, 5.41) is 2.61. The molecule has 0 spiro atoms. The van der Waals surface area contributed by atoms with Crippen molar-refractivity contribution in [3.8, 4) is 0 Å². The maximum atomic E-state index is 13.2. The molecule has 140 valence electrons. The molecular weight excluding hydrogens is 359 g/mol. The molecule has 1 aromatic rings. The van der Waals surface area contributed by atoms with Crippen LogP contribution in [0.15, 0.2) is 24.3 Å². The zero-order valence-electron chi connectivity index (χ0n) is 13.7. The summed E-state index contributed by atoms with van der Waals surface area (Å²) < 4.78 is 39.5. The van der Waals surface area contributed by atoms with Crippen LogP contribution in [0.2, 0.25) is 0 Å². The van der Waals surface area contributed by atoms with E-state index in [9.17, 15) is 22.8 Å². The summed E-state index contributed by atoms with van der Waals surface area (Å²) >= 11 is 0. The van der Waals surface area contributed by atoms with E-state index in [4.69, 9.17) is 5.73 Å². The SMILES string of the molecule is CC(=O)NCc1ccc(C(=O)N2CC(N)CCC2C(F)(F)F)cc1.Cl. The summed E-state index contributed by atoms with van der Waals surface area (Å²) in [6.07, 6.45) is -4.41. The van der Waals surface area contributed by atoms with E-state index in [1.165, 1.54) is 19.1 Å². The summed E-state index contributed by atoms with van der Waals surface area (Å²) in [5.74, 6) is -0.871. The van der Waals surface area contributed by atoms with E-state index in [0.717, 1.165) is 10.5 Å². The first-order valence-electron chi connectivity index (χ1n) is 7.65. The largest absolute Gasteiger partial charge is 0.408 e.